The van der Waals surface area contributed by atoms with Crippen LogP contribution in [0, 0.1) is 0 Å². The molecule has 3 N–H and O–H groups in total. The van der Waals surface area contributed by atoms with Gasteiger partial charge < -0.3 is 10.5 Å². The molecular weight excluding hydrogens is 288 g/mol. The summed E-state index contributed by atoms with van der Waals surface area (Å²) < 4.78 is 5.41. The fourth-order valence-electron chi connectivity index (χ4n) is 3.09. The Morgan fingerprint density at radius 1 is 1.13 bits per heavy atom. The summed E-state index contributed by atoms with van der Waals surface area (Å²) in [7, 11) is 0. The standard InChI is InChI=1S/C18H20N4O/c19-15-4-5-16-17(11-15)20-21-18(16)14-3-1-2-13(10-14)12-22-6-8-23-9-7-22/h1-5,10-11H,6-9,12,19H2,(H,20,21). The second kappa shape index (κ2) is 6.02. The molecule has 1 saturated heterocycles. The Balaban J connectivity index is 1.64. The highest BCUT2D eigenvalue weighted by atomic mass is 16.5. The van der Waals surface area contributed by atoms with Crippen LogP contribution in [0.25, 0.3) is 22.2 Å². The monoisotopic (exact) mass is 308 g/mol. The van der Waals surface area contributed by atoms with Crippen molar-refractivity contribution in [2.75, 3.05) is 32.0 Å². The fraction of sp³-hybridized carbons (Fsp3) is 0.278. The lowest BCUT2D eigenvalue weighted by Crippen LogP contribution is -2.35. The second-order valence-corrected chi connectivity index (χ2v) is 5.97. The number of nitrogens with one attached hydrogen (secondary N) is 1. The van der Waals surface area contributed by atoms with Crippen LogP contribution < -0.4 is 5.73 Å². The molecule has 4 rings (SSSR count). The number of H-pyrrole nitrogens is 1. The number of hydrogen-bond acceptors (Lipinski definition) is 4. The van der Waals surface area contributed by atoms with E-state index in [1.165, 1.54) is 5.56 Å². The molecule has 0 spiro atoms. The van der Waals surface area contributed by atoms with Crippen LogP contribution in [0.3, 0.4) is 0 Å². The van der Waals surface area contributed by atoms with Crippen molar-refractivity contribution in [2.24, 2.45) is 0 Å². The van der Waals surface area contributed by atoms with Gasteiger partial charge in [0.1, 0.15) is 0 Å². The molecule has 0 bridgehead atoms. The van der Waals surface area contributed by atoms with Crippen molar-refractivity contribution in [3.63, 3.8) is 0 Å². The zero-order valence-corrected chi connectivity index (χ0v) is 13.0. The minimum absolute atomic E-state index is 0.744. The number of hydrogen-bond donors (Lipinski definition) is 2. The first-order valence-corrected chi connectivity index (χ1v) is 7.92. The quantitative estimate of drug-likeness (QED) is 0.730. The number of nitrogens with two attached hydrogens (primary N) is 1. The van der Waals surface area contributed by atoms with Gasteiger partial charge in [-0.3, -0.25) is 10.00 Å². The summed E-state index contributed by atoms with van der Waals surface area (Å²) in [6.45, 7) is 4.59. The van der Waals surface area contributed by atoms with Crippen molar-refractivity contribution in [2.45, 2.75) is 6.54 Å². The molecule has 1 fully saturated rings. The Bertz CT molecular complexity index is 821. The molecule has 0 unspecified atom stereocenters. The topological polar surface area (TPSA) is 67.2 Å². The number of morpholine rings is 1. The maximum atomic E-state index is 5.84. The van der Waals surface area contributed by atoms with Gasteiger partial charge in [0, 0.05) is 36.3 Å². The minimum Gasteiger partial charge on any atom is -0.399 e. The van der Waals surface area contributed by atoms with Crippen LogP contribution in [-0.4, -0.2) is 41.4 Å². The molecule has 5 heteroatoms. The number of fused-ring (bicyclic) bond motifs is 1. The Morgan fingerprint density at radius 2 is 2.00 bits per heavy atom. The van der Waals surface area contributed by atoms with Crippen molar-refractivity contribution < 1.29 is 4.74 Å². The van der Waals surface area contributed by atoms with E-state index in [0.717, 1.165) is 60.7 Å². The summed E-state index contributed by atoms with van der Waals surface area (Å²) in [6.07, 6.45) is 0. The van der Waals surface area contributed by atoms with E-state index in [9.17, 15) is 0 Å². The number of benzene rings is 2. The van der Waals surface area contributed by atoms with Crippen molar-refractivity contribution in [3.8, 4) is 11.3 Å². The van der Waals surface area contributed by atoms with Crippen LogP contribution in [0.1, 0.15) is 5.56 Å². The predicted octanol–water partition coefficient (Wildman–Crippen LogP) is 2.64. The van der Waals surface area contributed by atoms with E-state index in [1.54, 1.807) is 0 Å². The number of rotatable bonds is 3. The molecule has 118 valence electrons. The third kappa shape index (κ3) is 2.93. The predicted molar refractivity (Wildman–Crippen MR) is 92.0 cm³/mol. The van der Waals surface area contributed by atoms with Crippen LogP contribution in [0.4, 0.5) is 5.69 Å². The molecule has 5 nitrogen and oxygen atoms in total. The molecule has 2 aromatic carbocycles. The minimum atomic E-state index is 0.744. The number of aromatic amines is 1. The van der Waals surface area contributed by atoms with Gasteiger partial charge >= 0.3 is 0 Å². The summed E-state index contributed by atoms with van der Waals surface area (Å²) in [4.78, 5) is 2.42. The Morgan fingerprint density at radius 3 is 2.87 bits per heavy atom. The smallest absolute Gasteiger partial charge is 0.0999 e. The van der Waals surface area contributed by atoms with Gasteiger partial charge in [0.25, 0.3) is 0 Å². The number of nitrogen functional groups attached to an aromatic ring is 1. The third-order valence-electron chi connectivity index (χ3n) is 4.30. The molecule has 23 heavy (non-hydrogen) atoms. The average molecular weight is 308 g/mol. The summed E-state index contributed by atoms with van der Waals surface area (Å²) in [5.41, 5.74) is 11.0. The van der Waals surface area contributed by atoms with Gasteiger partial charge in [0.15, 0.2) is 0 Å². The summed E-state index contributed by atoms with van der Waals surface area (Å²) >= 11 is 0. The van der Waals surface area contributed by atoms with Crippen LogP contribution in [0.2, 0.25) is 0 Å². The Labute approximate surface area is 135 Å². The van der Waals surface area contributed by atoms with E-state index in [4.69, 9.17) is 10.5 Å². The van der Waals surface area contributed by atoms with Crippen LogP contribution in [0.15, 0.2) is 42.5 Å². The van der Waals surface area contributed by atoms with Gasteiger partial charge in [-0.05, 0) is 29.8 Å². The van der Waals surface area contributed by atoms with Crippen LogP contribution >= 0.6 is 0 Å². The molecule has 1 aliphatic heterocycles. The average Bonchev–Trinajstić information content (AvgIpc) is 2.99. The molecular formula is C18H20N4O. The number of anilines is 1. The maximum Gasteiger partial charge on any atom is 0.0999 e. The maximum absolute atomic E-state index is 5.84. The van der Waals surface area contributed by atoms with E-state index in [1.807, 2.05) is 18.2 Å². The summed E-state index contributed by atoms with van der Waals surface area (Å²) in [6, 6.07) is 14.5. The molecule has 1 aromatic heterocycles. The number of aromatic nitrogens is 2. The molecule has 0 saturated carbocycles. The molecule has 0 aliphatic carbocycles. The van der Waals surface area contributed by atoms with Gasteiger partial charge in [-0.15, -0.1) is 0 Å². The van der Waals surface area contributed by atoms with E-state index < -0.39 is 0 Å². The van der Waals surface area contributed by atoms with Gasteiger partial charge in [0.05, 0.1) is 24.4 Å². The summed E-state index contributed by atoms with van der Waals surface area (Å²) in [5.74, 6) is 0. The van der Waals surface area contributed by atoms with E-state index >= 15 is 0 Å². The highest BCUT2D eigenvalue weighted by Crippen LogP contribution is 2.28. The Kier molecular flexibility index (Phi) is 3.73. The molecule has 0 radical (unpaired) electrons. The highest BCUT2D eigenvalue weighted by Gasteiger charge is 2.12. The molecule has 0 amide bonds. The molecule has 2 heterocycles. The SMILES string of the molecule is Nc1ccc2c(-c3cccc(CN4CCOCC4)c3)n[nH]c2c1. The number of ether oxygens (including phenoxy) is 1. The van der Waals surface area contributed by atoms with Crippen molar-refractivity contribution in [1.29, 1.82) is 0 Å². The lowest BCUT2D eigenvalue weighted by Gasteiger charge is -2.26. The zero-order chi connectivity index (χ0) is 15.6. The number of nitrogens with zero attached hydrogens (tertiary/aromatic N) is 2. The normalized spacial score (nSPS) is 16.0. The lowest BCUT2D eigenvalue weighted by atomic mass is 10.0. The highest BCUT2D eigenvalue weighted by molar-refractivity contribution is 5.94. The Hall–Kier alpha value is -2.37. The van der Waals surface area contributed by atoms with Crippen molar-refractivity contribution in [3.05, 3.63) is 48.0 Å². The van der Waals surface area contributed by atoms with Crippen LogP contribution in [-0.2, 0) is 11.3 Å². The molecule has 3 aromatic rings. The van der Waals surface area contributed by atoms with Gasteiger partial charge in [-0.2, -0.15) is 5.10 Å². The molecule has 0 atom stereocenters. The van der Waals surface area contributed by atoms with Gasteiger partial charge in [0.2, 0.25) is 0 Å². The van der Waals surface area contributed by atoms with Gasteiger partial charge in [-0.1, -0.05) is 18.2 Å². The first-order valence-electron chi connectivity index (χ1n) is 7.92. The fourth-order valence-corrected chi connectivity index (χ4v) is 3.09. The van der Waals surface area contributed by atoms with Gasteiger partial charge in [-0.25, -0.2) is 0 Å². The molecule has 1 aliphatic rings. The summed E-state index contributed by atoms with van der Waals surface area (Å²) in [5, 5.41) is 8.65. The van der Waals surface area contributed by atoms with E-state index in [-0.39, 0.29) is 0 Å². The van der Waals surface area contributed by atoms with Crippen LogP contribution in [0.5, 0.6) is 0 Å². The second-order valence-electron chi connectivity index (χ2n) is 5.97. The largest absolute Gasteiger partial charge is 0.399 e. The van der Waals surface area contributed by atoms with E-state index in [2.05, 4.69) is 39.4 Å². The third-order valence-corrected chi connectivity index (χ3v) is 4.30. The van der Waals surface area contributed by atoms with E-state index in [0.29, 0.717) is 0 Å². The van der Waals surface area contributed by atoms with Crippen molar-refractivity contribution in [1.82, 2.24) is 15.1 Å². The zero-order valence-electron chi connectivity index (χ0n) is 13.0. The first-order chi connectivity index (χ1) is 11.3. The van der Waals surface area contributed by atoms with Crippen molar-refractivity contribution >= 4 is 16.6 Å². The first kappa shape index (κ1) is 14.2. The lowest BCUT2D eigenvalue weighted by molar-refractivity contribution is 0.0342.